The molecule has 33 heteroatoms. The monoisotopic (exact) mass is 1490 g/mol. The van der Waals surface area contributed by atoms with Gasteiger partial charge in [0.15, 0.2) is 0 Å². The summed E-state index contributed by atoms with van der Waals surface area (Å²) in [5.41, 5.74) is -34.7. The molecule has 0 unspecified atom stereocenters. The van der Waals surface area contributed by atoms with Crippen molar-refractivity contribution in [3.05, 3.63) is 237 Å². The lowest BCUT2D eigenvalue weighted by molar-refractivity contribution is -0.144. The first-order chi connectivity index (χ1) is 47.8. The van der Waals surface area contributed by atoms with Crippen LogP contribution in [-0.4, -0.2) is 9.13 Å². The van der Waals surface area contributed by atoms with Crippen LogP contribution in [0.25, 0.3) is 111 Å². The van der Waals surface area contributed by atoms with E-state index in [0.717, 1.165) is 81.9 Å². The van der Waals surface area contributed by atoms with E-state index < -0.39 is 234 Å². The molecule has 104 heavy (non-hydrogen) atoms. The molecule has 0 atom stereocenters. The van der Waals surface area contributed by atoms with E-state index in [2.05, 4.69) is 0 Å². The van der Waals surface area contributed by atoms with E-state index in [1.807, 2.05) is 0 Å². The molecule has 0 aliphatic heterocycles. The van der Waals surface area contributed by atoms with Gasteiger partial charge in [0.25, 0.3) is 0 Å². The van der Waals surface area contributed by atoms with Crippen molar-refractivity contribution >= 4 is 43.6 Å². The zero-order valence-corrected chi connectivity index (χ0v) is 50.4. The third kappa shape index (κ3) is 13.2. The van der Waals surface area contributed by atoms with Crippen LogP contribution in [0, 0.1) is 11.3 Å². The third-order valence-electron chi connectivity index (χ3n) is 17.0. The molecule has 0 spiro atoms. The number of alkyl halides is 30. The number of rotatable bonds is 7. The molecule has 12 rings (SSSR count). The van der Waals surface area contributed by atoms with Crippen molar-refractivity contribution < 1.29 is 132 Å². The van der Waals surface area contributed by atoms with Crippen LogP contribution < -0.4 is 0 Å². The van der Waals surface area contributed by atoms with Gasteiger partial charge in [0.1, 0.15) is 11.6 Å². The van der Waals surface area contributed by atoms with Crippen molar-refractivity contribution in [2.75, 3.05) is 0 Å². The summed E-state index contributed by atoms with van der Waals surface area (Å²) in [5.74, 6) is 0. The molecule has 0 fully saturated rings. The highest BCUT2D eigenvalue weighted by atomic mass is 19.4. The molecule has 0 saturated heterocycles. The topological polar surface area (TPSA) is 33.6 Å². The fourth-order valence-electron chi connectivity index (χ4n) is 12.6. The number of nitriles is 1. The van der Waals surface area contributed by atoms with Gasteiger partial charge in [0, 0.05) is 27.1 Å². The minimum absolute atomic E-state index is 0.148. The van der Waals surface area contributed by atoms with Gasteiger partial charge in [-0.25, -0.2) is 0 Å². The molecule has 0 radical (unpaired) electrons. The lowest BCUT2D eigenvalue weighted by atomic mass is 9.91. The average molecular weight is 1490 g/mol. The van der Waals surface area contributed by atoms with Crippen molar-refractivity contribution in [2.24, 2.45) is 0 Å². The number of halogens is 30. The Labute approximate surface area is 560 Å². The Morgan fingerprint density at radius 2 is 0.462 bits per heavy atom. The molecule has 3 nitrogen and oxygen atoms in total. The van der Waals surface area contributed by atoms with Gasteiger partial charge >= 0.3 is 61.8 Å². The Morgan fingerprint density at radius 3 is 0.663 bits per heavy atom. The van der Waals surface area contributed by atoms with Gasteiger partial charge < -0.3 is 9.13 Å². The van der Waals surface area contributed by atoms with E-state index in [1.54, 1.807) is 6.07 Å². The second-order valence-corrected chi connectivity index (χ2v) is 23.3. The number of nitrogens with zero attached hydrogens (tertiary/aromatic N) is 3. The van der Waals surface area contributed by atoms with Crippen molar-refractivity contribution in [3.63, 3.8) is 0 Å². The predicted molar refractivity (Wildman–Crippen MR) is 317 cm³/mol. The van der Waals surface area contributed by atoms with Gasteiger partial charge in [-0.1, -0.05) is 54.6 Å². The van der Waals surface area contributed by atoms with Gasteiger partial charge in [-0.3, -0.25) is 0 Å². The smallest absolute Gasteiger partial charge is 0.308 e. The first-order valence-corrected chi connectivity index (χ1v) is 29.0. The standard InChI is InChI=1S/C71H29F30N3/c72-62(73,74)36-8-12-40(51(26-36)68(90,91)92)31-4-16-55-44(20-31)45-21-32(41-13-9-37(63(75,76)77)27-52(41)69(93,94)95)5-17-56(45)103(55)59-24-35(61-49(66(84,85)86)2-1-3-50(61)67(87,88)89)25-60(48(59)30-102)104-57-18-6-33(42-14-10-38(64(78,79)80)28-53(42)70(96,97)98)22-46(57)47-23-34(7-19-58(47)104)43-15-11-39(65(81,82)83)29-54(43)71(99,100)101/h1-29H. The zero-order valence-electron chi connectivity index (χ0n) is 50.4. The zero-order chi connectivity index (χ0) is 76.3. The third-order valence-corrected chi connectivity index (χ3v) is 17.0. The van der Waals surface area contributed by atoms with Crippen LogP contribution in [0.1, 0.15) is 61.2 Å². The summed E-state index contributed by atoms with van der Waals surface area (Å²) < 4.78 is 442. The highest BCUT2D eigenvalue weighted by molar-refractivity contribution is 6.14. The predicted octanol–water partition coefficient (Wildman–Crippen LogP) is 26.3. The molecule has 0 aliphatic rings. The van der Waals surface area contributed by atoms with Crippen molar-refractivity contribution in [2.45, 2.75) is 61.8 Å². The van der Waals surface area contributed by atoms with Gasteiger partial charge in [-0.05, 0) is 171 Å². The van der Waals surface area contributed by atoms with E-state index in [9.17, 15) is 111 Å². The summed E-state index contributed by atoms with van der Waals surface area (Å²) in [7, 11) is 0. The second-order valence-electron chi connectivity index (χ2n) is 23.3. The number of hydrogen-bond acceptors (Lipinski definition) is 1. The molecule has 10 aromatic carbocycles. The number of aromatic nitrogens is 2. The van der Waals surface area contributed by atoms with Crippen LogP contribution >= 0.6 is 0 Å². The van der Waals surface area contributed by atoms with Gasteiger partial charge in [-0.15, -0.1) is 0 Å². The van der Waals surface area contributed by atoms with E-state index >= 15 is 26.3 Å². The molecule has 0 saturated carbocycles. The molecule has 0 aliphatic carbocycles. The molecule has 2 heterocycles. The summed E-state index contributed by atoms with van der Waals surface area (Å²) in [6.07, 6.45) is -55.9. The maximum absolute atomic E-state index is 15.5. The highest BCUT2D eigenvalue weighted by Crippen LogP contribution is 2.53. The number of hydrogen-bond donors (Lipinski definition) is 0. The minimum atomic E-state index is -5.81. The molecule has 0 bridgehead atoms. The van der Waals surface area contributed by atoms with Crippen LogP contribution in [0.4, 0.5) is 132 Å². The normalized spacial score (nSPS) is 13.5. The Kier molecular flexibility index (Phi) is 16.9. The summed E-state index contributed by atoms with van der Waals surface area (Å²) in [4.78, 5) is 0. The lowest BCUT2D eigenvalue weighted by Crippen LogP contribution is -2.15. The number of benzene rings is 10. The molecular formula is C71H29F30N3. The quantitative estimate of drug-likeness (QED) is 0.146. The molecule has 0 amide bonds. The van der Waals surface area contributed by atoms with Crippen LogP contribution in [0.2, 0.25) is 0 Å². The number of fused-ring (bicyclic) bond motifs is 6. The molecule has 12 aromatic rings. The first-order valence-electron chi connectivity index (χ1n) is 29.0. The summed E-state index contributed by atoms with van der Waals surface area (Å²) in [5, 5.41) is 9.41. The van der Waals surface area contributed by atoms with Crippen molar-refractivity contribution in [1.29, 1.82) is 5.26 Å². The summed E-state index contributed by atoms with van der Waals surface area (Å²) in [6, 6.07) is 13.7. The van der Waals surface area contributed by atoms with Crippen molar-refractivity contribution in [3.8, 4) is 73.1 Å². The Bertz CT molecular complexity index is 4940. The summed E-state index contributed by atoms with van der Waals surface area (Å²) in [6.45, 7) is 0. The molecular weight excluding hydrogens is 1460 g/mol. The van der Waals surface area contributed by atoms with E-state index in [1.165, 1.54) is 0 Å². The van der Waals surface area contributed by atoms with Gasteiger partial charge in [-0.2, -0.15) is 137 Å². The van der Waals surface area contributed by atoms with E-state index in [4.69, 9.17) is 0 Å². The Hall–Kier alpha value is -10.8. The molecule has 2 aromatic heterocycles. The largest absolute Gasteiger partial charge is 0.417 e. The maximum Gasteiger partial charge on any atom is 0.417 e. The lowest BCUT2D eigenvalue weighted by Gasteiger charge is -2.22. The van der Waals surface area contributed by atoms with E-state index in [0.29, 0.717) is 42.5 Å². The first kappa shape index (κ1) is 73.0. The second kappa shape index (κ2) is 24.1. The minimum Gasteiger partial charge on any atom is -0.308 e. The summed E-state index contributed by atoms with van der Waals surface area (Å²) >= 11 is 0. The fraction of sp³-hybridized carbons (Fsp3) is 0.141. The fourth-order valence-corrected chi connectivity index (χ4v) is 12.6. The molecule has 538 valence electrons. The Morgan fingerprint density at radius 1 is 0.231 bits per heavy atom. The Balaban J connectivity index is 1.26. The van der Waals surface area contributed by atoms with Crippen LogP contribution in [0.15, 0.2) is 176 Å². The van der Waals surface area contributed by atoms with E-state index in [-0.39, 0.29) is 60.7 Å². The van der Waals surface area contributed by atoms with Crippen molar-refractivity contribution in [1.82, 2.24) is 9.13 Å². The van der Waals surface area contributed by atoms with Crippen LogP contribution in [0.3, 0.4) is 0 Å². The van der Waals surface area contributed by atoms with Crippen LogP contribution in [0.5, 0.6) is 0 Å². The SMILES string of the molecule is N#Cc1c(-n2c3ccc(-c4ccc(C(F)(F)F)cc4C(F)(F)F)cc3c3cc(-c4ccc(C(F)(F)F)cc4C(F)(F)F)ccc32)cc(-c2c(C(F)(F)F)cccc2C(F)(F)F)cc1-n1c2ccc(-c3ccc(C(F)(F)F)cc3C(F)(F)F)cc2c2cc(-c3ccc(C(F)(F)F)cc3C(F)(F)F)ccc21. The van der Waals surface area contributed by atoms with Gasteiger partial charge in [0.05, 0.1) is 89.1 Å². The average Bonchev–Trinajstić information content (AvgIpc) is 1.54. The van der Waals surface area contributed by atoms with Crippen LogP contribution in [-0.2, 0) is 61.8 Å². The molecule has 0 N–H and O–H groups in total. The van der Waals surface area contributed by atoms with Gasteiger partial charge in [0.2, 0.25) is 0 Å². The highest BCUT2D eigenvalue weighted by Gasteiger charge is 2.46. The maximum atomic E-state index is 15.5.